The number of ketones is 1. The predicted octanol–water partition coefficient (Wildman–Crippen LogP) is 4.57. The van der Waals surface area contributed by atoms with Gasteiger partial charge in [0, 0.05) is 11.1 Å². The van der Waals surface area contributed by atoms with E-state index < -0.39 is 0 Å². The molecule has 1 heteroatoms. The van der Waals surface area contributed by atoms with Gasteiger partial charge in [-0.05, 0) is 18.2 Å². The molecule has 2 aromatic rings. The summed E-state index contributed by atoms with van der Waals surface area (Å²) in [7, 11) is 0. The molecule has 0 aromatic heterocycles. The van der Waals surface area contributed by atoms with Crippen molar-refractivity contribution in [2.45, 2.75) is 27.7 Å². The Hall–Kier alpha value is -2.07. The zero-order chi connectivity index (χ0) is 13.8. The van der Waals surface area contributed by atoms with E-state index in [1.165, 1.54) is 0 Å². The maximum Gasteiger partial charge on any atom is 0.193 e. The molecule has 1 nitrogen and oxygen atoms in total. The van der Waals surface area contributed by atoms with Gasteiger partial charge in [0.2, 0.25) is 0 Å². The Morgan fingerprint density at radius 3 is 1.94 bits per heavy atom. The van der Waals surface area contributed by atoms with E-state index in [-0.39, 0.29) is 5.78 Å². The zero-order valence-electron chi connectivity index (χ0n) is 11.5. The van der Waals surface area contributed by atoms with Crippen LogP contribution in [0, 0.1) is 12.1 Å². The second-order valence-corrected chi connectivity index (χ2v) is 2.92. The molecule has 0 saturated heterocycles. The fraction of sp³-hybridized carbons (Fsp3) is 0.235. The summed E-state index contributed by atoms with van der Waals surface area (Å²) in [6, 6.07) is 19.8. The van der Waals surface area contributed by atoms with Crippen molar-refractivity contribution in [2.75, 3.05) is 0 Å². The molecule has 0 aliphatic carbocycles. The third-order valence-electron chi connectivity index (χ3n) is 1.96. The van der Waals surface area contributed by atoms with Gasteiger partial charge in [0.1, 0.15) is 0 Å². The Bertz CT molecular complexity index is 376. The lowest BCUT2D eigenvalue weighted by Crippen LogP contribution is -1.99. The van der Waals surface area contributed by atoms with Gasteiger partial charge in [0.15, 0.2) is 5.78 Å². The van der Waals surface area contributed by atoms with Crippen LogP contribution in [0.15, 0.2) is 48.5 Å². The second kappa shape index (κ2) is 10.1. The largest absolute Gasteiger partial charge is 0.289 e. The Morgan fingerprint density at radius 1 is 0.833 bits per heavy atom. The molecule has 18 heavy (non-hydrogen) atoms. The first-order chi connectivity index (χ1) is 8.88. The first-order valence-electron chi connectivity index (χ1n) is 6.35. The number of carbonyl (C=O) groups is 1. The highest BCUT2D eigenvalue weighted by Crippen LogP contribution is 2.07. The summed E-state index contributed by atoms with van der Waals surface area (Å²) in [5.74, 6) is 0.0239. The first kappa shape index (κ1) is 15.9. The molecule has 0 aliphatic heterocycles. The van der Waals surface area contributed by atoms with E-state index in [0.29, 0.717) is 11.1 Å². The monoisotopic (exact) mass is 240 g/mol. The summed E-state index contributed by atoms with van der Waals surface area (Å²) >= 11 is 0. The number of carbonyl (C=O) groups excluding carboxylic acids is 1. The number of benzene rings is 1. The van der Waals surface area contributed by atoms with E-state index in [0.717, 1.165) is 0 Å². The van der Waals surface area contributed by atoms with Crippen LogP contribution in [0.5, 0.6) is 0 Å². The van der Waals surface area contributed by atoms with Gasteiger partial charge < -0.3 is 0 Å². The van der Waals surface area contributed by atoms with E-state index in [4.69, 9.17) is 0 Å². The molecule has 0 amide bonds. The van der Waals surface area contributed by atoms with Crippen molar-refractivity contribution in [1.82, 2.24) is 0 Å². The Labute approximate surface area is 110 Å². The minimum atomic E-state index is 0.0239. The molecule has 0 saturated carbocycles. The second-order valence-electron chi connectivity index (χ2n) is 2.92. The summed E-state index contributed by atoms with van der Waals surface area (Å²) < 4.78 is 0. The molecule has 2 aromatic carbocycles. The summed E-state index contributed by atoms with van der Waals surface area (Å²) in [6.45, 7) is 8.00. The Kier molecular flexibility index (Phi) is 8.95. The van der Waals surface area contributed by atoms with Crippen LogP contribution in [-0.2, 0) is 0 Å². The van der Waals surface area contributed by atoms with Gasteiger partial charge in [-0.25, -0.2) is 0 Å². The van der Waals surface area contributed by atoms with Crippen LogP contribution in [0.3, 0.4) is 0 Å². The van der Waals surface area contributed by atoms with Crippen molar-refractivity contribution in [3.63, 3.8) is 0 Å². The topological polar surface area (TPSA) is 17.1 Å². The highest BCUT2D eigenvalue weighted by Gasteiger charge is 2.06. The number of rotatable bonds is 2. The normalized spacial score (nSPS) is 7.78. The molecule has 0 atom stereocenters. The Balaban J connectivity index is 0.000000659. The molecule has 0 unspecified atom stereocenters. The molecule has 0 aliphatic rings. The third-order valence-corrected chi connectivity index (χ3v) is 1.96. The maximum absolute atomic E-state index is 11.8. The lowest BCUT2D eigenvalue weighted by molar-refractivity contribution is 0.103. The highest BCUT2D eigenvalue weighted by molar-refractivity contribution is 6.08. The average Bonchev–Trinajstić information content (AvgIpc) is 2.52. The number of hydrogen-bond acceptors (Lipinski definition) is 1. The van der Waals surface area contributed by atoms with Gasteiger partial charge in [0.05, 0.1) is 0 Å². The van der Waals surface area contributed by atoms with Crippen molar-refractivity contribution in [3.8, 4) is 0 Å². The summed E-state index contributed by atoms with van der Waals surface area (Å²) in [4.78, 5) is 11.8. The standard InChI is InChI=1S/C13H8O.2C2H6/c14-13(11-7-3-1-4-8-11)12-9-5-2-6-10-12;2*1-2/h1,3-5,7-10H;2*1-2H3. The van der Waals surface area contributed by atoms with Gasteiger partial charge >= 0.3 is 0 Å². The lowest BCUT2D eigenvalue weighted by Gasteiger charge is -1.97. The van der Waals surface area contributed by atoms with Crippen molar-refractivity contribution >= 4 is 5.78 Å². The van der Waals surface area contributed by atoms with Gasteiger partial charge in [-0.2, -0.15) is 0 Å². The molecule has 2 rings (SSSR count). The van der Waals surface area contributed by atoms with Gasteiger partial charge in [-0.1, -0.05) is 70.2 Å². The molecule has 94 valence electrons. The molecule has 0 N–H and O–H groups in total. The Morgan fingerprint density at radius 2 is 1.44 bits per heavy atom. The molecule has 0 spiro atoms. The van der Waals surface area contributed by atoms with Crippen LogP contribution < -0.4 is 0 Å². The smallest absolute Gasteiger partial charge is 0.193 e. The highest BCUT2D eigenvalue weighted by atomic mass is 16.1. The van der Waals surface area contributed by atoms with Crippen LogP contribution in [0.25, 0.3) is 0 Å². The van der Waals surface area contributed by atoms with Crippen molar-refractivity contribution in [2.24, 2.45) is 0 Å². The van der Waals surface area contributed by atoms with Crippen molar-refractivity contribution in [1.29, 1.82) is 0 Å². The van der Waals surface area contributed by atoms with Gasteiger partial charge in [-0.15, -0.1) is 0 Å². The third kappa shape index (κ3) is 4.84. The van der Waals surface area contributed by atoms with E-state index in [1.807, 2.05) is 45.9 Å². The van der Waals surface area contributed by atoms with Crippen molar-refractivity contribution < 1.29 is 4.79 Å². The van der Waals surface area contributed by atoms with E-state index in [9.17, 15) is 4.79 Å². The molecule has 0 radical (unpaired) electrons. The summed E-state index contributed by atoms with van der Waals surface area (Å²) in [5, 5.41) is 0. The van der Waals surface area contributed by atoms with E-state index in [2.05, 4.69) is 12.1 Å². The average molecular weight is 240 g/mol. The van der Waals surface area contributed by atoms with E-state index >= 15 is 0 Å². The lowest BCUT2D eigenvalue weighted by atomic mass is 10.0. The van der Waals surface area contributed by atoms with Crippen LogP contribution in [-0.4, -0.2) is 5.78 Å². The first-order valence-corrected chi connectivity index (χ1v) is 6.35. The van der Waals surface area contributed by atoms with Crippen LogP contribution in [0.1, 0.15) is 43.6 Å². The molecule has 0 heterocycles. The fourth-order valence-corrected chi connectivity index (χ4v) is 1.24. The number of hydrogen-bond donors (Lipinski definition) is 0. The molecular formula is C17H20O. The quantitative estimate of drug-likeness (QED) is 0.703. The molecule has 0 bridgehead atoms. The van der Waals surface area contributed by atoms with Crippen LogP contribution in [0.4, 0.5) is 0 Å². The van der Waals surface area contributed by atoms with E-state index in [1.54, 1.807) is 30.3 Å². The minimum Gasteiger partial charge on any atom is -0.289 e. The minimum absolute atomic E-state index is 0.0239. The fourth-order valence-electron chi connectivity index (χ4n) is 1.24. The van der Waals surface area contributed by atoms with Gasteiger partial charge in [-0.3, -0.25) is 4.79 Å². The maximum atomic E-state index is 11.8. The zero-order valence-corrected chi connectivity index (χ0v) is 11.5. The summed E-state index contributed by atoms with van der Waals surface area (Å²) in [5.41, 5.74) is 1.35. The van der Waals surface area contributed by atoms with Crippen LogP contribution in [0.2, 0.25) is 0 Å². The summed E-state index contributed by atoms with van der Waals surface area (Å²) in [6.07, 6.45) is 0. The molecular weight excluding hydrogens is 220 g/mol. The predicted molar refractivity (Wildman–Crippen MR) is 76.7 cm³/mol. The van der Waals surface area contributed by atoms with Gasteiger partial charge in [0.25, 0.3) is 0 Å². The molecule has 0 fully saturated rings. The van der Waals surface area contributed by atoms with Crippen LogP contribution >= 0.6 is 0 Å². The van der Waals surface area contributed by atoms with Crippen molar-refractivity contribution in [3.05, 3.63) is 71.8 Å². The SMILES string of the molecule is CC.CC.O=C(c1cc#ccc1)c1ccccc1.